The summed E-state index contributed by atoms with van der Waals surface area (Å²) < 4.78 is 5.53. The number of benzene rings is 1. The van der Waals surface area contributed by atoms with Gasteiger partial charge in [0.2, 0.25) is 0 Å². The summed E-state index contributed by atoms with van der Waals surface area (Å²) in [5.74, 6) is 0. The third kappa shape index (κ3) is 5.14. The summed E-state index contributed by atoms with van der Waals surface area (Å²) in [4.78, 5) is 0. The van der Waals surface area contributed by atoms with Crippen LogP contribution in [0.4, 0.5) is 0 Å². The van der Waals surface area contributed by atoms with Gasteiger partial charge < -0.3 is 4.74 Å². The smallest absolute Gasteiger partial charge is 0.0716 e. The third-order valence-electron chi connectivity index (χ3n) is 2.13. The van der Waals surface area contributed by atoms with Crippen LogP contribution in [-0.2, 0) is 4.74 Å². The molecule has 0 saturated heterocycles. The molecule has 0 aliphatic rings. The van der Waals surface area contributed by atoms with E-state index in [2.05, 4.69) is 34.6 Å². The van der Waals surface area contributed by atoms with Gasteiger partial charge in [0.05, 0.1) is 6.61 Å². The van der Waals surface area contributed by atoms with E-state index in [1.807, 2.05) is 18.2 Å². The Labute approximate surface area is 100 Å². The number of hydrogen-bond acceptors (Lipinski definition) is 1. The van der Waals surface area contributed by atoms with Crippen molar-refractivity contribution in [1.82, 2.24) is 0 Å². The monoisotopic (exact) mass is 268 g/mol. The fraction of sp³-hybridized carbons (Fsp3) is 0.385. The van der Waals surface area contributed by atoms with Gasteiger partial charge in [-0.1, -0.05) is 52.8 Å². The molecule has 0 atom stereocenters. The molecule has 0 aliphatic carbocycles. The van der Waals surface area contributed by atoms with Crippen LogP contribution in [0.15, 0.2) is 36.9 Å². The first-order valence-electron chi connectivity index (χ1n) is 5.21. The Morgan fingerprint density at radius 1 is 1.20 bits per heavy atom. The molecule has 15 heavy (non-hydrogen) atoms. The number of unbranched alkanes of at least 4 members (excludes halogenated alkanes) is 1. The molecule has 0 unspecified atom stereocenters. The molecule has 0 saturated carbocycles. The van der Waals surface area contributed by atoms with Gasteiger partial charge in [-0.05, 0) is 24.0 Å². The van der Waals surface area contributed by atoms with E-state index in [0.29, 0.717) is 6.61 Å². The predicted molar refractivity (Wildman–Crippen MR) is 69.3 cm³/mol. The van der Waals surface area contributed by atoms with E-state index in [9.17, 15) is 0 Å². The maximum absolute atomic E-state index is 5.53. The van der Waals surface area contributed by atoms with Gasteiger partial charge in [-0.15, -0.1) is 0 Å². The molecule has 0 radical (unpaired) electrons. The van der Waals surface area contributed by atoms with Crippen molar-refractivity contribution in [3.8, 4) is 0 Å². The molecular weight excluding hydrogens is 252 g/mol. The Morgan fingerprint density at radius 2 is 1.93 bits per heavy atom. The van der Waals surface area contributed by atoms with Gasteiger partial charge in [-0.3, -0.25) is 0 Å². The lowest BCUT2D eigenvalue weighted by molar-refractivity contribution is 0.164. The van der Waals surface area contributed by atoms with E-state index in [1.165, 1.54) is 0 Å². The minimum Gasteiger partial charge on any atom is -0.377 e. The Balaban J connectivity index is 2.20. The van der Waals surface area contributed by atoms with Crippen LogP contribution < -0.4 is 0 Å². The maximum atomic E-state index is 5.53. The van der Waals surface area contributed by atoms with Crippen LogP contribution >= 0.6 is 15.9 Å². The van der Waals surface area contributed by atoms with Crippen molar-refractivity contribution in [3.05, 3.63) is 42.5 Å². The van der Waals surface area contributed by atoms with Crippen LogP contribution in [0.5, 0.6) is 0 Å². The lowest BCUT2D eigenvalue weighted by Crippen LogP contribution is -1.99. The molecule has 0 aliphatic heterocycles. The first-order chi connectivity index (χ1) is 7.34. The normalized spacial score (nSPS) is 10.2. The molecule has 0 heterocycles. The van der Waals surface area contributed by atoms with Crippen molar-refractivity contribution in [3.63, 3.8) is 0 Å². The molecule has 0 N–H and O–H groups in total. The Bertz CT molecular complexity index is 282. The Kier molecular flexibility index (Phi) is 6.37. The van der Waals surface area contributed by atoms with E-state index < -0.39 is 0 Å². The first-order valence-corrected chi connectivity index (χ1v) is 6.33. The molecule has 0 spiro atoms. The standard InChI is InChI=1S/C13H17BrO/c1-12(11-15-10-6-5-9-14)13-7-3-2-4-8-13/h2-4,7-8H,1,5-6,9-11H2. The summed E-state index contributed by atoms with van der Waals surface area (Å²) >= 11 is 3.39. The fourth-order valence-corrected chi connectivity index (χ4v) is 1.65. The molecule has 1 rings (SSSR count). The van der Waals surface area contributed by atoms with E-state index >= 15 is 0 Å². The van der Waals surface area contributed by atoms with E-state index in [4.69, 9.17) is 4.74 Å². The SMILES string of the molecule is C=C(COCCCCBr)c1ccccc1. The minimum atomic E-state index is 0.631. The van der Waals surface area contributed by atoms with Crippen LogP contribution in [0.2, 0.25) is 0 Å². The Morgan fingerprint density at radius 3 is 2.60 bits per heavy atom. The van der Waals surface area contributed by atoms with Crippen LogP contribution in [0, 0.1) is 0 Å². The summed E-state index contributed by atoms with van der Waals surface area (Å²) in [6, 6.07) is 10.2. The molecule has 0 fully saturated rings. The highest BCUT2D eigenvalue weighted by atomic mass is 79.9. The summed E-state index contributed by atoms with van der Waals surface area (Å²) in [7, 11) is 0. The number of hydrogen-bond donors (Lipinski definition) is 0. The molecule has 0 bridgehead atoms. The maximum Gasteiger partial charge on any atom is 0.0716 e. The van der Waals surface area contributed by atoms with Crippen molar-refractivity contribution in [1.29, 1.82) is 0 Å². The number of halogens is 1. The van der Waals surface area contributed by atoms with Gasteiger partial charge in [0.15, 0.2) is 0 Å². The molecule has 0 aromatic heterocycles. The number of ether oxygens (including phenoxy) is 1. The average molecular weight is 269 g/mol. The van der Waals surface area contributed by atoms with Crippen LogP contribution in [0.1, 0.15) is 18.4 Å². The second-order valence-electron chi connectivity index (χ2n) is 3.42. The van der Waals surface area contributed by atoms with Gasteiger partial charge in [0.1, 0.15) is 0 Å². The van der Waals surface area contributed by atoms with E-state index in [1.54, 1.807) is 0 Å². The highest BCUT2D eigenvalue weighted by molar-refractivity contribution is 9.09. The fourth-order valence-electron chi connectivity index (χ4n) is 1.25. The average Bonchev–Trinajstić information content (AvgIpc) is 2.30. The highest BCUT2D eigenvalue weighted by Gasteiger charge is 1.97. The number of alkyl halides is 1. The van der Waals surface area contributed by atoms with E-state index in [0.717, 1.165) is 35.9 Å². The van der Waals surface area contributed by atoms with Crippen molar-refractivity contribution in [2.45, 2.75) is 12.8 Å². The second-order valence-corrected chi connectivity index (χ2v) is 4.21. The van der Waals surface area contributed by atoms with Gasteiger partial charge in [-0.25, -0.2) is 0 Å². The molecule has 1 nitrogen and oxygen atoms in total. The largest absolute Gasteiger partial charge is 0.377 e. The summed E-state index contributed by atoms with van der Waals surface area (Å²) in [5.41, 5.74) is 2.22. The molecule has 82 valence electrons. The minimum absolute atomic E-state index is 0.631. The first kappa shape index (κ1) is 12.5. The van der Waals surface area contributed by atoms with E-state index in [-0.39, 0.29) is 0 Å². The van der Waals surface area contributed by atoms with Crippen molar-refractivity contribution in [2.75, 3.05) is 18.5 Å². The predicted octanol–water partition coefficient (Wildman–Crippen LogP) is 3.89. The van der Waals surface area contributed by atoms with Crippen LogP contribution in [-0.4, -0.2) is 18.5 Å². The lowest BCUT2D eigenvalue weighted by atomic mass is 10.1. The van der Waals surface area contributed by atoms with Crippen molar-refractivity contribution >= 4 is 21.5 Å². The van der Waals surface area contributed by atoms with Crippen LogP contribution in [0.25, 0.3) is 5.57 Å². The van der Waals surface area contributed by atoms with Crippen molar-refractivity contribution < 1.29 is 4.74 Å². The molecule has 1 aromatic carbocycles. The zero-order valence-corrected chi connectivity index (χ0v) is 10.5. The molecular formula is C13H17BrO. The Hall–Kier alpha value is -0.600. The quantitative estimate of drug-likeness (QED) is 0.539. The zero-order valence-electron chi connectivity index (χ0n) is 8.92. The topological polar surface area (TPSA) is 9.23 Å². The zero-order chi connectivity index (χ0) is 10.9. The number of rotatable bonds is 7. The highest BCUT2D eigenvalue weighted by Crippen LogP contribution is 2.11. The molecule has 2 heteroatoms. The third-order valence-corrected chi connectivity index (χ3v) is 2.69. The summed E-state index contributed by atoms with van der Waals surface area (Å²) in [5, 5.41) is 1.05. The van der Waals surface area contributed by atoms with Crippen molar-refractivity contribution in [2.24, 2.45) is 0 Å². The van der Waals surface area contributed by atoms with Gasteiger partial charge >= 0.3 is 0 Å². The molecule has 0 amide bonds. The van der Waals surface area contributed by atoms with Gasteiger partial charge in [-0.2, -0.15) is 0 Å². The second kappa shape index (κ2) is 7.66. The summed E-state index contributed by atoms with van der Waals surface area (Å²) in [6.45, 7) is 5.46. The molecule has 1 aromatic rings. The van der Waals surface area contributed by atoms with Gasteiger partial charge in [0.25, 0.3) is 0 Å². The van der Waals surface area contributed by atoms with Crippen LogP contribution in [0.3, 0.4) is 0 Å². The van der Waals surface area contributed by atoms with Gasteiger partial charge in [0, 0.05) is 11.9 Å². The lowest BCUT2D eigenvalue weighted by Gasteiger charge is -2.06. The summed E-state index contributed by atoms with van der Waals surface area (Å²) in [6.07, 6.45) is 2.27.